The number of hydrogen-bond acceptors (Lipinski definition) is 4. The molecule has 0 saturated carbocycles. The Morgan fingerprint density at radius 2 is 1.62 bits per heavy atom. The first-order valence-corrected chi connectivity index (χ1v) is 13.0. The van der Waals surface area contributed by atoms with Crippen LogP contribution in [-0.2, 0) is 20.1 Å². The topological polar surface area (TPSA) is 56.7 Å². The maximum absolute atomic E-state index is 13.7. The number of rotatable bonds is 3. The minimum Gasteiger partial charge on any atom is -0.500 e. The maximum Gasteiger partial charge on any atom is 0.126 e. The Kier molecular flexibility index (Phi) is 7.69. The molecule has 4 heterocycles. The molecule has 0 spiro atoms. The summed E-state index contributed by atoms with van der Waals surface area (Å²) in [5.41, 5.74) is 6.55. The number of fused-ring (bicyclic) bond motifs is 4. The first kappa shape index (κ1) is 27.2. The van der Waals surface area contributed by atoms with Gasteiger partial charge in [0, 0.05) is 49.6 Å². The second kappa shape index (κ2) is 11.9. The summed E-state index contributed by atoms with van der Waals surface area (Å²) in [6, 6.07) is 40.3. The summed E-state index contributed by atoms with van der Waals surface area (Å²) in [6.07, 6.45) is 5.31. The fraction of sp³-hybridized carbons (Fsp3) is 0. The van der Waals surface area contributed by atoms with Crippen molar-refractivity contribution in [1.82, 2.24) is 19.5 Å². The molecule has 0 unspecified atom stereocenters. The quantitative estimate of drug-likeness (QED) is 0.172. The standard InChI is InChI=1S/C24H13FN3O.C11H8N.Ir/c25-15-9-10-17-18-7-4-8-19(23(18)29-22(17)13-15)24-27-20-11-12-26-14-21(20)28(24)16-5-2-1-3-6-16;1-2-6-10(7-3-1)11-8-4-5-9-12-11;/h1-7,9-14H;1-6,8-9H;/q2*-1;. The van der Waals surface area contributed by atoms with Crippen molar-refractivity contribution in [2.45, 2.75) is 0 Å². The summed E-state index contributed by atoms with van der Waals surface area (Å²) >= 11 is 0. The van der Waals surface area contributed by atoms with Crippen LogP contribution < -0.4 is 0 Å². The molecule has 0 aliphatic rings. The number of imidazole rings is 1. The van der Waals surface area contributed by atoms with E-state index in [1.54, 1.807) is 24.7 Å². The molecule has 8 aromatic rings. The predicted molar refractivity (Wildman–Crippen MR) is 159 cm³/mol. The molecule has 0 amide bonds. The van der Waals surface area contributed by atoms with Crippen LogP contribution in [0.2, 0.25) is 0 Å². The van der Waals surface area contributed by atoms with Gasteiger partial charge in [-0.1, -0.05) is 41.3 Å². The molecule has 0 saturated heterocycles. The Labute approximate surface area is 254 Å². The van der Waals surface area contributed by atoms with E-state index in [0.717, 1.165) is 44.3 Å². The second-order valence-corrected chi connectivity index (χ2v) is 9.30. The minimum atomic E-state index is -0.329. The zero-order valence-electron chi connectivity index (χ0n) is 22.0. The molecule has 5 nitrogen and oxygen atoms in total. The number of benzene rings is 4. The van der Waals surface area contributed by atoms with Crippen molar-refractivity contribution in [3.63, 3.8) is 0 Å². The van der Waals surface area contributed by atoms with Crippen LogP contribution in [0, 0.1) is 17.9 Å². The second-order valence-electron chi connectivity index (χ2n) is 9.30. The van der Waals surface area contributed by atoms with E-state index in [9.17, 15) is 4.39 Å². The molecule has 42 heavy (non-hydrogen) atoms. The third-order valence-corrected chi connectivity index (χ3v) is 6.74. The van der Waals surface area contributed by atoms with Gasteiger partial charge in [-0.25, -0.2) is 4.39 Å². The van der Waals surface area contributed by atoms with E-state index in [1.807, 2.05) is 95.6 Å². The van der Waals surface area contributed by atoms with Gasteiger partial charge in [0.15, 0.2) is 0 Å². The van der Waals surface area contributed by atoms with Crippen LogP contribution in [0.1, 0.15) is 0 Å². The van der Waals surface area contributed by atoms with Crippen molar-refractivity contribution in [3.8, 4) is 28.3 Å². The molecule has 0 fully saturated rings. The average molecular weight is 725 g/mol. The smallest absolute Gasteiger partial charge is 0.126 e. The van der Waals surface area contributed by atoms with E-state index >= 15 is 0 Å². The molecule has 0 bridgehead atoms. The summed E-state index contributed by atoms with van der Waals surface area (Å²) in [4.78, 5) is 13.3. The van der Waals surface area contributed by atoms with Crippen molar-refractivity contribution in [2.75, 3.05) is 0 Å². The van der Waals surface area contributed by atoms with Crippen LogP contribution in [0.3, 0.4) is 0 Å². The van der Waals surface area contributed by atoms with Gasteiger partial charge in [0.25, 0.3) is 0 Å². The molecular formula is C35H21FIrN4O-2. The predicted octanol–water partition coefficient (Wildman–Crippen LogP) is 8.47. The van der Waals surface area contributed by atoms with Crippen molar-refractivity contribution >= 4 is 33.0 Å². The van der Waals surface area contributed by atoms with Crippen molar-refractivity contribution in [1.29, 1.82) is 0 Å². The molecule has 4 aromatic carbocycles. The van der Waals surface area contributed by atoms with Gasteiger partial charge in [0.05, 0.1) is 28.6 Å². The van der Waals surface area contributed by atoms with E-state index in [0.29, 0.717) is 17.0 Å². The van der Waals surface area contributed by atoms with Crippen LogP contribution in [0.25, 0.3) is 61.3 Å². The van der Waals surface area contributed by atoms with Crippen molar-refractivity contribution in [2.24, 2.45) is 0 Å². The van der Waals surface area contributed by atoms with Gasteiger partial charge in [-0.3, -0.25) is 9.97 Å². The molecule has 205 valence electrons. The van der Waals surface area contributed by atoms with E-state index in [4.69, 9.17) is 9.40 Å². The Morgan fingerprint density at radius 3 is 2.43 bits per heavy atom. The first-order chi connectivity index (χ1) is 20.3. The summed E-state index contributed by atoms with van der Waals surface area (Å²) < 4.78 is 21.8. The van der Waals surface area contributed by atoms with Crippen LogP contribution in [0.15, 0.2) is 132 Å². The molecule has 0 atom stereocenters. The van der Waals surface area contributed by atoms with E-state index in [-0.39, 0.29) is 25.9 Å². The van der Waals surface area contributed by atoms with E-state index in [2.05, 4.69) is 22.1 Å². The van der Waals surface area contributed by atoms with E-state index < -0.39 is 0 Å². The largest absolute Gasteiger partial charge is 0.500 e. The number of furan rings is 1. The number of nitrogens with zero attached hydrogens (tertiary/aromatic N) is 4. The molecule has 4 aromatic heterocycles. The summed E-state index contributed by atoms with van der Waals surface area (Å²) in [6.45, 7) is 0. The molecule has 0 aliphatic carbocycles. The zero-order chi connectivity index (χ0) is 27.6. The molecule has 7 heteroatoms. The fourth-order valence-electron chi connectivity index (χ4n) is 4.89. The minimum absolute atomic E-state index is 0. The van der Waals surface area contributed by atoms with Crippen LogP contribution >= 0.6 is 0 Å². The monoisotopic (exact) mass is 725 g/mol. The number of halogens is 1. The number of pyridine rings is 2. The SMILES string of the molecule is Fc1ccc2c(c1)oc1c(-c3nc4ccncc4n3-c3ccccc3)[c-]ccc12.[Ir].[c-]1ccccc1-c1ccccn1. The van der Waals surface area contributed by atoms with Gasteiger partial charge in [0.1, 0.15) is 11.4 Å². The van der Waals surface area contributed by atoms with Gasteiger partial charge >= 0.3 is 0 Å². The van der Waals surface area contributed by atoms with Crippen LogP contribution in [0.4, 0.5) is 4.39 Å². The first-order valence-electron chi connectivity index (χ1n) is 13.0. The van der Waals surface area contributed by atoms with Crippen molar-refractivity contribution < 1.29 is 28.9 Å². The third-order valence-electron chi connectivity index (χ3n) is 6.74. The van der Waals surface area contributed by atoms with Crippen molar-refractivity contribution in [3.05, 3.63) is 146 Å². The van der Waals surface area contributed by atoms with Gasteiger partial charge in [0.2, 0.25) is 0 Å². The van der Waals surface area contributed by atoms with Gasteiger partial charge < -0.3 is 14.0 Å². The summed E-state index contributed by atoms with van der Waals surface area (Å²) in [5.74, 6) is 0.369. The van der Waals surface area contributed by atoms with Gasteiger partial charge in [-0.05, 0) is 42.1 Å². The van der Waals surface area contributed by atoms with Gasteiger partial charge in [-0.2, -0.15) is 0 Å². The third kappa shape index (κ3) is 5.12. The van der Waals surface area contributed by atoms with Crippen LogP contribution in [0.5, 0.6) is 0 Å². The Hall–Kier alpha value is -4.97. The maximum atomic E-state index is 13.7. The van der Waals surface area contributed by atoms with Gasteiger partial charge in [-0.15, -0.1) is 54.1 Å². The van der Waals surface area contributed by atoms with Crippen LogP contribution in [-0.4, -0.2) is 19.5 Å². The summed E-state index contributed by atoms with van der Waals surface area (Å²) in [7, 11) is 0. The fourth-order valence-corrected chi connectivity index (χ4v) is 4.89. The normalized spacial score (nSPS) is 10.8. The number of hydrogen-bond donors (Lipinski definition) is 0. The Morgan fingerprint density at radius 1 is 0.762 bits per heavy atom. The van der Waals surface area contributed by atoms with E-state index in [1.165, 1.54) is 12.1 Å². The molecule has 0 N–H and O–H groups in total. The number of aromatic nitrogens is 4. The number of para-hydroxylation sites is 1. The molecular weight excluding hydrogens is 704 g/mol. The Balaban J connectivity index is 0.000000205. The Bertz CT molecular complexity index is 2070. The molecule has 0 aliphatic heterocycles. The average Bonchev–Trinajstić information content (AvgIpc) is 3.61. The molecule has 1 radical (unpaired) electrons. The molecule has 8 rings (SSSR count). The summed E-state index contributed by atoms with van der Waals surface area (Å²) in [5, 5.41) is 1.76. The zero-order valence-corrected chi connectivity index (χ0v) is 24.4.